The number of carbonyl (C=O) groups is 6. The molecular formula is C80H59N31O6. The quantitative estimate of drug-likeness (QED) is 0.142. The molecule has 0 saturated carbocycles. The molecule has 37 nitrogen and oxygen atoms in total. The molecule has 0 fully saturated rings. The lowest BCUT2D eigenvalue weighted by molar-refractivity contribution is 0.103. The number of rotatable bonds is 9. The maximum atomic E-state index is 12.4. The van der Waals surface area contributed by atoms with Gasteiger partial charge in [-0.05, 0) is 19.3 Å². The van der Waals surface area contributed by atoms with Gasteiger partial charge < -0.3 is 5.73 Å². The number of nitrogens with two attached hydrogens (primary N) is 1. The van der Waals surface area contributed by atoms with Crippen LogP contribution in [0.2, 0.25) is 0 Å². The lowest BCUT2D eigenvalue weighted by atomic mass is 10.1. The molecule has 37 heteroatoms. The normalized spacial score (nSPS) is 12.8. The molecule has 18 aromatic rings. The van der Waals surface area contributed by atoms with Crippen LogP contribution in [0.3, 0.4) is 0 Å². The molecule has 12 heterocycles. The van der Waals surface area contributed by atoms with Gasteiger partial charge in [-0.3, -0.25) is 28.8 Å². The number of aromatic nitrogens is 30. The van der Waals surface area contributed by atoms with Gasteiger partial charge in [-0.1, -0.05) is 187 Å². The lowest BCUT2D eigenvalue weighted by Gasteiger charge is -2.00. The van der Waals surface area contributed by atoms with Crippen LogP contribution in [-0.4, -0.2) is 183 Å². The standard InChI is InChI=1S/C15H13N5O.2C14H11N5O.2C13H9N5O.C11H6N6O/c1-2-3-8-11-17-18-15-16-12-9-6-4-5-7-10(9)14(21)13(12)19-20(11)15;1-2-5-10-16-17-14-15-12-11(18-19(10)14)8-6-3-4-7-9(8)13(12)20;1-2-5-10-16-17-14-15-11-8-6-3-4-7-9(8)13(20)12(11)18-19(10)14;1-2-9-15-16-13-14-11-10(17-18(9)13)7-5-3-4-6-8(7)12(11)19;1-2-9-15-16-13-14-10-7-5-3-4-6-8(7)12(19)11(10)17-18(9)13;12-10-14-15-11-13-8-7(16-17(10)11)5-3-1-2-4-6(5)9(8)18/h4-7H,2-3,8H2,1H3;2*3-4,6-7H,2,5H2,1H3;2*3-6H,2H2,1H3;1-4H,(H2,12,14). The molecule has 12 aromatic heterocycles. The first kappa shape index (κ1) is 71.3. The van der Waals surface area contributed by atoms with E-state index in [0.717, 1.165) is 102 Å². The predicted octanol–water partition coefficient (Wildman–Crippen LogP) is 8.34. The zero-order valence-electron chi connectivity index (χ0n) is 62.7. The second-order valence-corrected chi connectivity index (χ2v) is 27.3. The first-order valence-corrected chi connectivity index (χ1v) is 37.6. The molecule has 0 bridgehead atoms. The van der Waals surface area contributed by atoms with Crippen LogP contribution in [0, 0.1) is 0 Å². The Balaban J connectivity index is 0.0000000935. The van der Waals surface area contributed by atoms with Crippen LogP contribution in [0.15, 0.2) is 146 Å². The minimum absolute atomic E-state index is 0.0786. The first-order chi connectivity index (χ1) is 57.2. The van der Waals surface area contributed by atoms with Gasteiger partial charge in [-0.25, -0.2) is 29.9 Å². The van der Waals surface area contributed by atoms with E-state index in [1.807, 2.05) is 123 Å². The molecule has 0 radical (unpaired) electrons. The number of aryl methyl sites for hydroxylation is 5. The molecule has 570 valence electrons. The van der Waals surface area contributed by atoms with Crippen molar-refractivity contribution in [1.82, 2.24) is 149 Å². The van der Waals surface area contributed by atoms with Crippen molar-refractivity contribution in [3.05, 3.63) is 242 Å². The van der Waals surface area contributed by atoms with E-state index in [-0.39, 0.29) is 46.4 Å². The van der Waals surface area contributed by atoms with Gasteiger partial charge in [0.2, 0.25) is 40.6 Å². The molecular weight excluding hydrogens is 1490 g/mol. The highest BCUT2D eigenvalue weighted by molar-refractivity contribution is 6.23. The molecule has 0 unspecified atom stereocenters. The van der Waals surface area contributed by atoms with Crippen LogP contribution >= 0.6 is 0 Å². The number of ketones is 6. The number of nitrogen functional groups attached to an aromatic ring is 1. The topological polar surface area (TPSA) is 464 Å². The number of hydrogen-bond donors (Lipinski definition) is 1. The van der Waals surface area contributed by atoms with Crippen LogP contribution < -0.4 is 5.73 Å². The summed E-state index contributed by atoms with van der Waals surface area (Å²) in [6.07, 6.45) is 7.69. The zero-order chi connectivity index (χ0) is 80.0. The largest absolute Gasteiger partial charge is 0.366 e. The number of fused-ring (bicyclic) bond motifs is 24. The predicted molar refractivity (Wildman–Crippen MR) is 414 cm³/mol. The fraction of sp³-hybridized carbons (Fsp3) is 0.175. The van der Waals surface area contributed by atoms with Gasteiger partial charge in [0, 0.05) is 98.9 Å². The highest BCUT2D eigenvalue weighted by atomic mass is 16.2. The highest BCUT2D eigenvalue weighted by Gasteiger charge is 2.37. The average Bonchev–Trinajstić information content (AvgIpc) is 1.63. The van der Waals surface area contributed by atoms with Gasteiger partial charge in [0.05, 0.1) is 0 Å². The molecule has 6 aromatic carbocycles. The minimum Gasteiger partial charge on any atom is -0.366 e. The summed E-state index contributed by atoms with van der Waals surface area (Å²) in [6, 6.07) is 44.3. The molecule has 0 aliphatic heterocycles. The molecule has 2 N–H and O–H groups in total. The van der Waals surface area contributed by atoms with Gasteiger partial charge in [0.1, 0.15) is 51.2 Å². The summed E-state index contributed by atoms with van der Waals surface area (Å²) in [7, 11) is 0. The van der Waals surface area contributed by atoms with Gasteiger partial charge in [0.25, 0.3) is 34.7 Å². The summed E-state index contributed by atoms with van der Waals surface area (Å²) < 4.78 is 9.28. The van der Waals surface area contributed by atoms with Crippen LogP contribution in [0.1, 0.15) is 186 Å². The van der Waals surface area contributed by atoms with Gasteiger partial charge in [0.15, 0.2) is 46.2 Å². The van der Waals surface area contributed by atoms with Crippen LogP contribution in [-0.2, 0) is 32.1 Å². The molecule has 24 rings (SSSR count). The van der Waals surface area contributed by atoms with Crippen molar-refractivity contribution in [3.63, 3.8) is 0 Å². The van der Waals surface area contributed by atoms with E-state index in [2.05, 4.69) is 142 Å². The number of anilines is 1. The third-order valence-corrected chi connectivity index (χ3v) is 20.1. The Hall–Kier alpha value is -16.0. The summed E-state index contributed by atoms with van der Waals surface area (Å²) in [5.74, 6) is 5.58. The minimum atomic E-state index is -0.142. The van der Waals surface area contributed by atoms with E-state index in [1.165, 1.54) is 4.52 Å². The maximum absolute atomic E-state index is 12.4. The smallest absolute Gasteiger partial charge is 0.274 e. The molecule has 0 spiro atoms. The number of benzene rings is 6. The molecule has 6 aliphatic carbocycles. The first-order valence-electron chi connectivity index (χ1n) is 37.6. The molecule has 0 amide bonds. The maximum Gasteiger partial charge on any atom is 0.274 e. The fourth-order valence-electron chi connectivity index (χ4n) is 14.4. The molecule has 6 aliphatic rings. The van der Waals surface area contributed by atoms with Crippen molar-refractivity contribution in [2.24, 2.45) is 0 Å². The number of hydrogen-bond acceptors (Lipinski definition) is 31. The third-order valence-electron chi connectivity index (χ3n) is 20.1. The second-order valence-electron chi connectivity index (χ2n) is 27.3. The summed E-state index contributed by atoms with van der Waals surface area (Å²) in [6.45, 7) is 10.2. The highest BCUT2D eigenvalue weighted by Crippen LogP contribution is 2.40. The van der Waals surface area contributed by atoms with Crippen molar-refractivity contribution in [2.75, 3.05) is 5.73 Å². The van der Waals surface area contributed by atoms with E-state index in [9.17, 15) is 28.8 Å². The number of nitrogens with zero attached hydrogens (tertiary/aromatic N) is 30. The number of unbranched alkanes of at least 4 members (excludes halogenated alkanes) is 1. The summed E-state index contributed by atoms with van der Waals surface area (Å²) in [5, 5.41) is 74.3. The van der Waals surface area contributed by atoms with Gasteiger partial charge in [-0.2, -0.15) is 57.7 Å². The van der Waals surface area contributed by atoms with Gasteiger partial charge in [-0.15, -0.1) is 61.2 Å². The monoisotopic (exact) mass is 1550 g/mol. The Morgan fingerprint density at radius 3 is 0.744 bits per heavy atom. The Morgan fingerprint density at radius 1 is 0.231 bits per heavy atom. The third kappa shape index (κ3) is 11.7. The lowest BCUT2D eigenvalue weighted by Crippen LogP contribution is -2.07. The number of carbonyl (C=O) groups excluding carboxylic acids is 6. The second kappa shape index (κ2) is 28.6. The van der Waals surface area contributed by atoms with Crippen molar-refractivity contribution in [1.29, 1.82) is 0 Å². The van der Waals surface area contributed by atoms with E-state index in [0.29, 0.717) is 149 Å². The Bertz CT molecular complexity index is 7280. The fourth-order valence-corrected chi connectivity index (χ4v) is 14.4. The van der Waals surface area contributed by atoms with Crippen LogP contribution in [0.5, 0.6) is 0 Å². The zero-order valence-corrected chi connectivity index (χ0v) is 62.7. The molecule has 0 atom stereocenters. The van der Waals surface area contributed by atoms with E-state index in [1.54, 1.807) is 59.0 Å². The van der Waals surface area contributed by atoms with Crippen molar-refractivity contribution in [2.45, 2.75) is 92.4 Å². The van der Waals surface area contributed by atoms with E-state index < -0.39 is 0 Å². The summed E-state index contributed by atoms with van der Waals surface area (Å²) in [5.41, 5.74) is 20.1. The molecule has 0 saturated heterocycles. The van der Waals surface area contributed by atoms with E-state index >= 15 is 0 Å². The van der Waals surface area contributed by atoms with Crippen LogP contribution in [0.4, 0.5) is 5.95 Å². The Morgan fingerprint density at radius 2 is 0.453 bits per heavy atom. The summed E-state index contributed by atoms with van der Waals surface area (Å²) >= 11 is 0. The van der Waals surface area contributed by atoms with Gasteiger partial charge >= 0.3 is 0 Å². The molecule has 117 heavy (non-hydrogen) atoms. The van der Waals surface area contributed by atoms with Crippen molar-refractivity contribution >= 4 is 75.3 Å². The van der Waals surface area contributed by atoms with Crippen molar-refractivity contribution in [3.8, 4) is 67.5 Å². The Kier molecular flexibility index (Phi) is 17.5. The SMILES string of the molecule is CCCCc1nnc2nc3c(nn12)C(=O)c1ccccc1-3.CCCc1nnc2nc3c(nn12)-c1ccccc1C3=O.CCCc1nnc2nc3c(nn12)C(=O)c1ccccc1-3.CCc1nnc2nc3c(nn12)-c1ccccc1C3=O.CCc1nnc2nc3c(nn12)C(=O)c1ccccc1-3.Nc1nnc2nc3c(nn12)-c1ccccc1C3=O. The Labute approximate surface area is 657 Å². The van der Waals surface area contributed by atoms with Crippen LogP contribution in [0.25, 0.3) is 102 Å². The van der Waals surface area contributed by atoms with Crippen molar-refractivity contribution < 1.29 is 28.8 Å². The summed E-state index contributed by atoms with van der Waals surface area (Å²) in [4.78, 5) is 99.9. The average molecular weight is 1550 g/mol. The van der Waals surface area contributed by atoms with E-state index in [4.69, 9.17) is 5.73 Å².